The standard InChI is InChI=1S/C18H29N3O3/c1-6-8-19-9-7-15(12-16(19)22)20-10-11-21(14(2)13-20)17(23)24-18(3,4)5/h7,9,12,14H,6,8,10-11,13H2,1-5H3. The molecular weight excluding hydrogens is 306 g/mol. The number of aromatic nitrogens is 1. The Bertz CT molecular complexity index is 633. The Balaban J connectivity index is 2.04. The van der Waals surface area contributed by atoms with Crippen LogP contribution >= 0.6 is 0 Å². The lowest BCUT2D eigenvalue weighted by Gasteiger charge is -2.41. The number of ether oxygens (including phenoxy) is 1. The third-order valence-corrected chi connectivity index (χ3v) is 4.06. The SMILES string of the molecule is CCCn1ccc(N2CCN(C(=O)OC(C)(C)C)C(C)C2)cc1=O. The molecule has 1 unspecified atom stereocenters. The van der Waals surface area contributed by atoms with Gasteiger partial charge in [-0.3, -0.25) is 4.79 Å². The highest BCUT2D eigenvalue weighted by molar-refractivity contribution is 5.69. The first-order chi connectivity index (χ1) is 11.2. The number of rotatable bonds is 3. The summed E-state index contributed by atoms with van der Waals surface area (Å²) < 4.78 is 7.19. The summed E-state index contributed by atoms with van der Waals surface area (Å²) in [4.78, 5) is 28.3. The molecule has 0 N–H and O–H groups in total. The Kier molecular flexibility index (Phi) is 5.57. The summed E-state index contributed by atoms with van der Waals surface area (Å²) in [7, 11) is 0. The topological polar surface area (TPSA) is 54.8 Å². The summed E-state index contributed by atoms with van der Waals surface area (Å²) in [6, 6.07) is 3.70. The second kappa shape index (κ2) is 7.28. The molecule has 1 amide bonds. The van der Waals surface area contributed by atoms with E-state index in [0.717, 1.165) is 18.7 Å². The maximum absolute atomic E-state index is 12.3. The van der Waals surface area contributed by atoms with Gasteiger partial charge in [0.1, 0.15) is 5.60 Å². The third kappa shape index (κ3) is 4.52. The van der Waals surface area contributed by atoms with Gasteiger partial charge in [-0.2, -0.15) is 0 Å². The van der Waals surface area contributed by atoms with Crippen molar-refractivity contribution >= 4 is 11.8 Å². The molecule has 0 spiro atoms. The second-order valence-electron chi connectivity index (χ2n) is 7.39. The molecule has 134 valence electrons. The van der Waals surface area contributed by atoms with Crippen molar-refractivity contribution < 1.29 is 9.53 Å². The smallest absolute Gasteiger partial charge is 0.410 e. The normalized spacial score (nSPS) is 18.6. The quantitative estimate of drug-likeness (QED) is 0.852. The molecule has 0 aliphatic carbocycles. The zero-order chi connectivity index (χ0) is 17.9. The van der Waals surface area contributed by atoms with Gasteiger partial charge in [0.05, 0.1) is 0 Å². The van der Waals surface area contributed by atoms with Crippen molar-refractivity contribution in [1.82, 2.24) is 9.47 Å². The predicted molar refractivity (Wildman–Crippen MR) is 95.6 cm³/mol. The van der Waals surface area contributed by atoms with Crippen LogP contribution in [-0.4, -0.2) is 46.8 Å². The largest absolute Gasteiger partial charge is 0.444 e. The van der Waals surface area contributed by atoms with Crippen molar-refractivity contribution in [2.45, 2.75) is 59.2 Å². The van der Waals surface area contributed by atoms with E-state index in [1.165, 1.54) is 0 Å². The molecular formula is C18H29N3O3. The minimum Gasteiger partial charge on any atom is -0.444 e. The maximum Gasteiger partial charge on any atom is 0.410 e. The maximum atomic E-state index is 12.3. The second-order valence-corrected chi connectivity index (χ2v) is 7.39. The molecule has 1 fully saturated rings. The monoisotopic (exact) mass is 335 g/mol. The predicted octanol–water partition coefficient (Wildman–Crippen LogP) is 2.70. The fraction of sp³-hybridized carbons (Fsp3) is 0.667. The van der Waals surface area contributed by atoms with Gasteiger partial charge in [0.15, 0.2) is 0 Å². The van der Waals surface area contributed by atoms with Gasteiger partial charge < -0.3 is 19.1 Å². The Morgan fingerprint density at radius 1 is 1.33 bits per heavy atom. The van der Waals surface area contributed by atoms with Gasteiger partial charge in [-0.05, 0) is 40.2 Å². The fourth-order valence-corrected chi connectivity index (χ4v) is 2.90. The number of carbonyl (C=O) groups excluding carboxylic acids is 1. The molecule has 1 aliphatic rings. The van der Waals surface area contributed by atoms with Crippen molar-refractivity contribution in [3.8, 4) is 0 Å². The lowest BCUT2D eigenvalue weighted by molar-refractivity contribution is 0.0159. The Labute approximate surface area is 144 Å². The summed E-state index contributed by atoms with van der Waals surface area (Å²) in [5.41, 5.74) is 0.456. The molecule has 2 heterocycles. The molecule has 1 aromatic rings. The number of carbonyl (C=O) groups is 1. The first-order valence-corrected chi connectivity index (χ1v) is 8.66. The number of amides is 1. The molecule has 0 saturated carbocycles. The van der Waals surface area contributed by atoms with Crippen molar-refractivity contribution in [3.05, 3.63) is 28.7 Å². The number of piperazine rings is 1. The molecule has 2 rings (SSSR count). The van der Waals surface area contributed by atoms with E-state index in [1.54, 1.807) is 15.5 Å². The van der Waals surface area contributed by atoms with Gasteiger partial charge in [0.2, 0.25) is 0 Å². The van der Waals surface area contributed by atoms with Gasteiger partial charge in [-0.1, -0.05) is 6.92 Å². The first kappa shape index (κ1) is 18.4. The molecule has 6 nitrogen and oxygen atoms in total. The minimum atomic E-state index is -0.488. The van der Waals surface area contributed by atoms with Crippen molar-refractivity contribution in [1.29, 1.82) is 0 Å². The van der Waals surface area contributed by atoms with Crippen LogP contribution in [0.4, 0.5) is 10.5 Å². The van der Waals surface area contributed by atoms with Crippen LogP contribution in [0.3, 0.4) is 0 Å². The van der Waals surface area contributed by atoms with Crippen LogP contribution in [-0.2, 0) is 11.3 Å². The van der Waals surface area contributed by atoms with Crippen LogP contribution in [0.2, 0.25) is 0 Å². The van der Waals surface area contributed by atoms with E-state index in [0.29, 0.717) is 19.6 Å². The van der Waals surface area contributed by atoms with Gasteiger partial charge in [0.25, 0.3) is 5.56 Å². The highest BCUT2D eigenvalue weighted by Gasteiger charge is 2.31. The molecule has 0 bridgehead atoms. The van der Waals surface area contributed by atoms with Crippen molar-refractivity contribution in [2.24, 2.45) is 0 Å². The lowest BCUT2D eigenvalue weighted by atomic mass is 10.1. The Morgan fingerprint density at radius 2 is 2.04 bits per heavy atom. The number of nitrogens with zero attached hydrogens (tertiary/aromatic N) is 3. The van der Waals surface area contributed by atoms with E-state index >= 15 is 0 Å². The van der Waals surface area contributed by atoms with Gasteiger partial charge in [-0.25, -0.2) is 4.79 Å². The fourth-order valence-electron chi connectivity index (χ4n) is 2.90. The van der Waals surface area contributed by atoms with Crippen molar-refractivity contribution in [2.75, 3.05) is 24.5 Å². The molecule has 0 aromatic carbocycles. The Morgan fingerprint density at radius 3 is 2.58 bits per heavy atom. The molecule has 6 heteroatoms. The van der Waals surface area contributed by atoms with E-state index in [4.69, 9.17) is 4.74 Å². The summed E-state index contributed by atoms with van der Waals surface area (Å²) in [5, 5.41) is 0. The highest BCUT2D eigenvalue weighted by Crippen LogP contribution is 2.20. The number of hydrogen-bond donors (Lipinski definition) is 0. The molecule has 0 radical (unpaired) electrons. The van der Waals surface area contributed by atoms with Crippen LogP contribution in [0.1, 0.15) is 41.0 Å². The van der Waals surface area contributed by atoms with Crippen LogP contribution in [0.25, 0.3) is 0 Å². The Hall–Kier alpha value is -1.98. The number of hydrogen-bond acceptors (Lipinski definition) is 4. The number of pyridine rings is 1. The molecule has 1 saturated heterocycles. The van der Waals surface area contributed by atoms with Crippen molar-refractivity contribution in [3.63, 3.8) is 0 Å². The number of aryl methyl sites for hydroxylation is 1. The average molecular weight is 335 g/mol. The first-order valence-electron chi connectivity index (χ1n) is 8.66. The molecule has 1 aromatic heterocycles. The van der Waals surface area contributed by atoms with Crippen LogP contribution in [0.5, 0.6) is 0 Å². The van der Waals surface area contributed by atoms with E-state index in [-0.39, 0.29) is 17.7 Å². The molecule has 1 aliphatic heterocycles. The molecule has 24 heavy (non-hydrogen) atoms. The summed E-state index contributed by atoms with van der Waals surface area (Å²) in [5.74, 6) is 0. The highest BCUT2D eigenvalue weighted by atomic mass is 16.6. The van der Waals surface area contributed by atoms with Crippen LogP contribution in [0, 0.1) is 0 Å². The van der Waals surface area contributed by atoms with Gasteiger partial charge >= 0.3 is 6.09 Å². The summed E-state index contributed by atoms with van der Waals surface area (Å²) in [6.45, 7) is 12.4. The van der Waals surface area contributed by atoms with E-state index in [2.05, 4.69) is 11.8 Å². The minimum absolute atomic E-state index is 0.0246. The summed E-state index contributed by atoms with van der Waals surface area (Å²) >= 11 is 0. The number of anilines is 1. The zero-order valence-electron chi connectivity index (χ0n) is 15.4. The summed E-state index contributed by atoms with van der Waals surface area (Å²) in [6.07, 6.45) is 2.52. The third-order valence-electron chi connectivity index (χ3n) is 4.06. The zero-order valence-corrected chi connectivity index (χ0v) is 15.4. The van der Waals surface area contributed by atoms with Crippen LogP contribution < -0.4 is 10.5 Å². The van der Waals surface area contributed by atoms with E-state index in [9.17, 15) is 9.59 Å². The van der Waals surface area contributed by atoms with E-state index < -0.39 is 5.60 Å². The average Bonchev–Trinajstić information content (AvgIpc) is 2.47. The molecule has 1 atom stereocenters. The van der Waals surface area contributed by atoms with E-state index in [1.807, 2.05) is 40.0 Å². The van der Waals surface area contributed by atoms with Gasteiger partial charge in [-0.15, -0.1) is 0 Å². The lowest BCUT2D eigenvalue weighted by Crippen LogP contribution is -2.55. The van der Waals surface area contributed by atoms with Gasteiger partial charge in [0, 0.05) is 50.2 Å². The van der Waals surface area contributed by atoms with Crippen LogP contribution in [0.15, 0.2) is 23.1 Å².